The molecule has 7 nitrogen and oxygen atoms in total. The van der Waals surface area contributed by atoms with Gasteiger partial charge in [-0.15, -0.1) is 0 Å². The molecule has 1 saturated heterocycles. The van der Waals surface area contributed by atoms with Gasteiger partial charge in [-0.3, -0.25) is 0 Å². The molecule has 0 spiro atoms. The molecule has 1 heterocycles. The van der Waals surface area contributed by atoms with Crippen molar-refractivity contribution in [2.75, 3.05) is 26.4 Å². The van der Waals surface area contributed by atoms with Crippen molar-refractivity contribution in [3.63, 3.8) is 0 Å². The third kappa shape index (κ3) is 11.6. The van der Waals surface area contributed by atoms with E-state index in [4.69, 9.17) is 23.7 Å². The van der Waals surface area contributed by atoms with E-state index in [-0.39, 0.29) is 13.2 Å². The van der Waals surface area contributed by atoms with Crippen molar-refractivity contribution in [2.24, 2.45) is 5.92 Å². The van der Waals surface area contributed by atoms with Gasteiger partial charge in [0.25, 0.3) is 0 Å². The summed E-state index contributed by atoms with van der Waals surface area (Å²) < 4.78 is 28.3. The van der Waals surface area contributed by atoms with Crippen molar-refractivity contribution in [3.8, 4) is 11.1 Å². The average Bonchev–Trinajstić information content (AvgIpc) is 3.54. The highest BCUT2D eigenvalue weighted by Gasteiger charge is 2.47. The van der Waals surface area contributed by atoms with Gasteiger partial charge in [-0.05, 0) is 80.4 Å². The fourth-order valence-electron chi connectivity index (χ4n) is 6.38. The fourth-order valence-corrected chi connectivity index (χ4v) is 6.38. The van der Waals surface area contributed by atoms with Gasteiger partial charge in [0.15, 0.2) is 18.5 Å². The maximum atomic E-state index is 12.8. The Hall–Kier alpha value is -3.00. The number of benzene rings is 2. The number of unbranched alkanes of at least 4 members (excludes halogenated alkanes) is 4. The molecule has 0 unspecified atom stereocenters. The number of ether oxygens (including phenoxy) is 5. The number of hydrogen-bond donors (Lipinski definition) is 0. The molecule has 0 aromatic heterocycles. The average molecular weight is 649 g/mol. The summed E-state index contributed by atoms with van der Waals surface area (Å²) in [5.74, 6) is 0.301. The Labute approximate surface area is 282 Å². The first-order valence-electron chi connectivity index (χ1n) is 18.0. The lowest BCUT2D eigenvalue weighted by Gasteiger charge is -2.29. The summed E-state index contributed by atoms with van der Waals surface area (Å²) in [6.07, 6.45) is 10.3. The monoisotopic (exact) mass is 648 g/mol. The summed E-state index contributed by atoms with van der Waals surface area (Å²) in [6.45, 7) is 12.0. The Morgan fingerprint density at radius 3 is 1.74 bits per heavy atom. The minimum absolute atomic E-state index is 0.277. The molecule has 2 fully saturated rings. The zero-order valence-electron chi connectivity index (χ0n) is 28.9. The van der Waals surface area contributed by atoms with E-state index in [1.54, 1.807) is 0 Å². The van der Waals surface area contributed by atoms with E-state index in [1.807, 2.05) is 45.0 Å². The van der Waals surface area contributed by atoms with Crippen LogP contribution in [0.2, 0.25) is 0 Å². The van der Waals surface area contributed by atoms with Gasteiger partial charge in [0.05, 0.1) is 19.8 Å². The van der Waals surface area contributed by atoms with E-state index < -0.39 is 30.4 Å². The van der Waals surface area contributed by atoms with Crippen LogP contribution < -0.4 is 0 Å². The van der Waals surface area contributed by atoms with Crippen LogP contribution in [0.25, 0.3) is 11.1 Å². The third-order valence-electron chi connectivity index (χ3n) is 9.26. The van der Waals surface area contributed by atoms with Crippen molar-refractivity contribution in [2.45, 2.75) is 122 Å². The van der Waals surface area contributed by atoms with E-state index in [9.17, 15) is 9.59 Å². The Bertz CT molecular complexity index is 1200. The van der Waals surface area contributed by atoms with E-state index in [1.165, 1.54) is 50.5 Å². The second kappa shape index (κ2) is 19.7. The van der Waals surface area contributed by atoms with Crippen molar-refractivity contribution in [1.29, 1.82) is 0 Å². The highest BCUT2D eigenvalue weighted by molar-refractivity contribution is 5.86. The van der Waals surface area contributed by atoms with Crippen LogP contribution in [-0.2, 0) is 33.3 Å². The molecule has 0 N–H and O–H groups in total. The molecule has 258 valence electrons. The lowest BCUT2D eigenvalue weighted by atomic mass is 9.77. The van der Waals surface area contributed by atoms with Gasteiger partial charge in [-0.2, -0.15) is 0 Å². The topological polar surface area (TPSA) is 80.3 Å². The van der Waals surface area contributed by atoms with Gasteiger partial charge in [0.1, 0.15) is 0 Å². The first-order valence-corrected chi connectivity index (χ1v) is 18.0. The smallest absolute Gasteiger partial charge is 0.338 e. The minimum Gasteiger partial charge on any atom is -0.464 e. The Kier molecular flexibility index (Phi) is 15.5. The number of esters is 2. The quantitative estimate of drug-likeness (QED) is 0.0853. The Morgan fingerprint density at radius 1 is 0.702 bits per heavy atom. The summed E-state index contributed by atoms with van der Waals surface area (Å²) in [5, 5.41) is 0. The van der Waals surface area contributed by atoms with Crippen molar-refractivity contribution >= 4 is 11.9 Å². The highest BCUT2D eigenvalue weighted by atomic mass is 16.8. The molecule has 2 aliphatic rings. The normalized spacial score (nSPS) is 21.4. The van der Waals surface area contributed by atoms with Crippen molar-refractivity contribution in [3.05, 3.63) is 71.8 Å². The summed E-state index contributed by atoms with van der Waals surface area (Å²) >= 11 is 0. The van der Waals surface area contributed by atoms with E-state index in [2.05, 4.69) is 30.8 Å². The van der Waals surface area contributed by atoms with Crippen LogP contribution in [0.3, 0.4) is 0 Å². The first-order chi connectivity index (χ1) is 22.9. The number of carbonyl (C=O) groups excluding carboxylic acids is 2. The highest BCUT2D eigenvalue weighted by Crippen LogP contribution is 2.39. The van der Waals surface area contributed by atoms with Crippen LogP contribution in [-0.4, -0.2) is 50.6 Å². The Morgan fingerprint density at radius 2 is 1.23 bits per heavy atom. The minimum atomic E-state index is -1.16. The van der Waals surface area contributed by atoms with Gasteiger partial charge < -0.3 is 23.7 Å². The third-order valence-corrected chi connectivity index (χ3v) is 9.26. The van der Waals surface area contributed by atoms with Crippen LogP contribution >= 0.6 is 0 Å². The van der Waals surface area contributed by atoms with E-state index in [0.717, 1.165) is 66.9 Å². The first kappa shape index (κ1) is 36.8. The van der Waals surface area contributed by atoms with Crippen LogP contribution in [0.5, 0.6) is 0 Å². The van der Waals surface area contributed by atoms with Crippen molar-refractivity contribution < 1.29 is 33.3 Å². The largest absolute Gasteiger partial charge is 0.464 e. The molecular formula is C40H56O7. The molecule has 0 radical (unpaired) electrons. The maximum absolute atomic E-state index is 12.8. The number of hydrogen-bond acceptors (Lipinski definition) is 7. The molecule has 4 rings (SSSR count). The molecule has 7 heteroatoms. The van der Waals surface area contributed by atoms with Crippen LogP contribution in [0, 0.1) is 5.92 Å². The lowest BCUT2D eigenvalue weighted by Crippen LogP contribution is -2.39. The predicted octanol–water partition coefficient (Wildman–Crippen LogP) is 9.25. The predicted molar refractivity (Wildman–Crippen MR) is 185 cm³/mol. The van der Waals surface area contributed by atoms with Gasteiger partial charge in [0.2, 0.25) is 0 Å². The van der Waals surface area contributed by atoms with E-state index in [0.29, 0.717) is 12.5 Å². The Balaban J connectivity index is 1.26. The SMILES string of the molecule is C=C(C)COCCCCCC1CCC(c2ccc(-c3ccc(C4O[C@@H](C(=O)OCCCC)[C@H](C(=O)OCCCC)O4)cc3)cc2)CC1. The molecule has 1 aliphatic heterocycles. The molecular weight excluding hydrogens is 592 g/mol. The second-order valence-corrected chi connectivity index (χ2v) is 13.3. The van der Waals surface area contributed by atoms with Crippen molar-refractivity contribution in [1.82, 2.24) is 0 Å². The van der Waals surface area contributed by atoms with Gasteiger partial charge >= 0.3 is 11.9 Å². The summed E-state index contributed by atoms with van der Waals surface area (Å²) in [5.41, 5.74) is 5.47. The van der Waals surface area contributed by atoms with Crippen LogP contribution in [0.15, 0.2) is 60.7 Å². The molecule has 0 bridgehead atoms. The number of carbonyl (C=O) groups is 2. The van der Waals surface area contributed by atoms with Gasteiger partial charge in [-0.1, -0.05) is 107 Å². The molecule has 2 aromatic carbocycles. The summed E-state index contributed by atoms with van der Waals surface area (Å²) in [7, 11) is 0. The summed E-state index contributed by atoms with van der Waals surface area (Å²) in [6, 6.07) is 16.9. The zero-order valence-corrected chi connectivity index (χ0v) is 28.9. The van der Waals surface area contributed by atoms with Gasteiger partial charge in [0, 0.05) is 12.2 Å². The van der Waals surface area contributed by atoms with Crippen LogP contribution in [0.4, 0.5) is 0 Å². The molecule has 0 amide bonds. The molecule has 1 aliphatic carbocycles. The second-order valence-electron chi connectivity index (χ2n) is 13.3. The fraction of sp³-hybridized carbons (Fsp3) is 0.600. The molecule has 2 atom stereocenters. The number of rotatable bonds is 19. The lowest BCUT2D eigenvalue weighted by molar-refractivity contribution is -0.163. The standard InChI is InChI=1S/C40H56O7/c1-5-7-26-44-38(41)36-37(39(42)45-27-8-6-2)47-40(46-36)35-23-21-34(22-24-35)33-19-17-32(18-20-33)31-15-13-30(14-16-31)12-10-9-11-25-43-28-29(3)4/h17-24,30-31,36-37,40H,3,5-16,25-28H2,1-2,4H3/t30?,31?,36-,37-/m1/s1. The van der Waals surface area contributed by atoms with Gasteiger partial charge in [-0.25, -0.2) is 9.59 Å². The molecule has 47 heavy (non-hydrogen) atoms. The van der Waals surface area contributed by atoms with E-state index >= 15 is 0 Å². The van der Waals surface area contributed by atoms with Crippen LogP contribution in [0.1, 0.15) is 121 Å². The summed E-state index contributed by atoms with van der Waals surface area (Å²) in [4.78, 5) is 25.6. The zero-order chi connectivity index (χ0) is 33.4. The maximum Gasteiger partial charge on any atom is 0.338 e. The molecule has 1 saturated carbocycles. The molecule has 2 aromatic rings.